The van der Waals surface area contributed by atoms with Gasteiger partial charge in [-0.15, -0.1) is 0 Å². The molecule has 0 spiro atoms. The molecule has 128 valence electrons. The minimum absolute atomic E-state index is 0.00315. The molecule has 1 atom stereocenters. The molecule has 0 unspecified atom stereocenters. The lowest BCUT2D eigenvalue weighted by Gasteiger charge is -2.26. The van der Waals surface area contributed by atoms with Gasteiger partial charge in [-0.05, 0) is 31.9 Å². The lowest BCUT2D eigenvalue weighted by molar-refractivity contribution is 0.0734. The average Bonchev–Trinajstić information content (AvgIpc) is 3.28. The van der Waals surface area contributed by atoms with E-state index in [2.05, 4.69) is 15.2 Å². The molecular formula is C19H20N4O2. The van der Waals surface area contributed by atoms with Crippen LogP contribution in [-0.4, -0.2) is 39.6 Å². The van der Waals surface area contributed by atoms with Crippen LogP contribution in [0.5, 0.6) is 5.75 Å². The van der Waals surface area contributed by atoms with E-state index < -0.39 is 0 Å². The Labute approximate surface area is 145 Å². The molecule has 3 aromatic rings. The molecule has 25 heavy (non-hydrogen) atoms. The van der Waals surface area contributed by atoms with Crippen LogP contribution in [0, 0.1) is 6.92 Å². The number of amides is 1. The summed E-state index contributed by atoms with van der Waals surface area (Å²) < 4.78 is 5.49. The number of methoxy groups -OCH3 is 1. The Balaban J connectivity index is 1.69. The van der Waals surface area contributed by atoms with Gasteiger partial charge in [0, 0.05) is 23.7 Å². The zero-order chi connectivity index (χ0) is 17.4. The molecular weight excluding hydrogens is 316 g/mol. The van der Waals surface area contributed by atoms with Gasteiger partial charge in [-0.2, -0.15) is 5.10 Å². The second kappa shape index (κ2) is 6.20. The predicted molar refractivity (Wildman–Crippen MR) is 94.6 cm³/mol. The number of fused-ring (bicyclic) bond motifs is 1. The molecule has 1 aliphatic heterocycles. The third-order valence-corrected chi connectivity index (χ3v) is 4.87. The number of nitrogens with one attached hydrogen (secondary N) is 1. The number of carbonyl (C=O) groups excluding carboxylic acids is 1. The van der Waals surface area contributed by atoms with Crippen molar-refractivity contribution in [3.63, 3.8) is 0 Å². The van der Waals surface area contributed by atoms with Gasteiger partial charge < -0.3 is 9.64 Å². The lowest BCUT2D eigenvalue weighted by atomic mass is 10.0. The van der Waals surface area contributed by atoms with E-state index in [1.807, 2.05) is 42.2 Å². The molecule has 1 aliphatic rings. The summed E-state index contributed by atoms with van der Waals surface area (Å²) in [6.07, 6.45) is 3.54. The van der Waals surface area contributed by atoms with Crippen LogP contribution in [0.3, 0.4) is 0 Å². The van der Waals surface area contributed by atoms with E-state index in [1.165, 1.54) is 0 Å². The molecule has 0 radical (unpaired) electrons. The standard InChI is InChI=1S/C19H20N4O2/c1-12-15-10-13(11-20-18(15)22-21-12)19(24)23-9-5-7-16(23)14-6-3-4-8-17(14)25-2/h3-4,6,8,10-11,16H,5,7,9H2,1-2H3,(H,20,21,22)/t16-/m0/s1. The van der Waals surface area contributed by atoms with E-state index in [0.29, 0.717) is 11.2 Å². The van der Waals surface area contributed by atoms with E-state index in [0.717, 1.165) is 41.8 Å². The number of ether oxygens (including phenoxy) is 1. The van der Waals surface area contributed by atoms with Crippen molar-refractivity contribution in [1.82, 2.24) is 20.1 Å². The molecule has 4 rings (SSSR count). The third-order valence-electron chi connectivity index (χ3n) is 4.87. The summed E-state index contributed by atoms with van der Waals surface area (Å²) in [6.45, 7) is 2.65. The smallest absolute Gasteiger partial charge is 0.255 e. The number of nitrogens with zero attached hydrogens (tertiary/aromatic N) is 3. The number of aromatic amines is 1. The second-order valence-electron chi connectivity index (χ2n) is 6.33. The zero-order valence-electron chi connectivity index (χ0n) is 14.3. The number of pyridine rings is 1. The number of H-pyrrole nitrogens is 1. The van der Waals surface area contributed by atoms with Crippen LogP contribution >= 0.6 is 0 Å². The molecule has 0 bridgehead atoms. The van der Waals surface area contributed by atoms with Gasteiger partial charge in [0.05, 0.1) is 24.4 Å². The molecule has 6 heteroatoms. The molecule has 1 fully saturated rings. The van der Waals surface area contributed by atoms with E-state index in [4.69, 9.17) is 4.74 Å². The maximum atomic E-state index is 13.1. The van der Waals surface area contributed by atoms with Crippen LogP contribution in [0.2, 0.25) is 0 Å². The summed E-state index contributed by atoms with van der Waals surface area (Å²) in [7, 11) is 1.67. The molecule has 0 saturated carbocycles. The van der Waals surface area contributed by atoms with Crippen molar-refractivity contribution < 1.29 is 9.53 Å². The Morgan fingerprint density at radius 2 is 2.20 bits per heavy atom. The van der Waals surface area contributed by atoms with Gasteiger partial charge >= 0.3 is 0 Å². The fourth-order valence-corrected chi connectivity index (χ4v) is 3.58. The number of hydrogen-bond acceptors (Lipinski definition) is 4. The van der Waals surface area contributed by atoms with E-state index in [-0.39, 0.29) is 11.9 Å². The fraction of sp³-hybridized carbons (Fsp3) is 0.316. The van der Waals surface area contributed by atoms with Gasteiger partial charge in [0.2, 0.25) is 0 Å². The van der Waals surface area contributed by atoms with Crippen molar-refractivity contribution in [1.29, 1.82) is 0 Å². The van der Waals surface area contributed by atoms with Gasteiger partial charge in [-0.25, -0.2) is 4.98 Å². The first-order valence-electron chi connectivity index (χ1n) is 8.43. The Morgan fingerprint density at radius 1 is 1.36 bits per heavy atom. The highest BCUT2D eigenvalue weighted by atomic mass is 16.5. The fourth-order valence-electron chi connectivity index (χ4n) is 3.58. The molecule has 1 saturated heterocycles. The zero-order valence-corrected chi connectivity index (χ0v) is 14.3. The molecule has 3 heterocycles. The predicted octanol–water partition coefficient (Wildman–Crippen LogP) is 3.25. The van der Waals surface area contributed by atoms with Crippen molar-refractivity contribution in [2.45, 2.75) is 25.8 Å². The van der Waals surface area contributed by atoms with Crippen molar-refractivity contribution in [2.75, 3.05) is 13.7 Å². The summed E-state index contributed by atoms with van der Waals surface area (Å²) in [5, 5.41) is 7.91. The van der Waals surface area contributed by atoms with Crippen LogP contribution in [-0.2, 0) is 0 Å². The third kappa shape index (κ3) is 2.63. The Kier molecular flexibility index (Phi) is 3.87. The number of aryl methyl sites for hydroxylation is 1. The monoisotopic (exact) mass is 336 g/mol. The lowest BCUT2D eigenvalue weighted by Crippen LogP contribution is -2.30. The average molecular weight is 336 g/mol. The molecule has 1 aromatic carbocycles. The highest BCUT2D eigenvalue weighted by Crippen LogP contribution is 2.37. The van der Waals surface area contributed by atoms with Crippen molar-refractivity contribution >= 4 is 16.9 Å². The van der Waals surface area contributed by atoms with Crippen LogP contribution in [0.25, 0.3) is 11.0 Å². The van der Waals surface area contributed by atoms with E-state index in [9.17, 15) is 4.79 Å². The summed E-state index contributed by atoms with van der Waals surface area (Å²) in [6, 6.07) is 9.82. The normalized spacial score (nSPS) is 17.2. The highest BCUT2D eigenvalue weighted by molar-refractivity contribution is 5.97. The number of rotatable bonds is 3. The number of para-hydroxylation sites is 1. The van der Waals surface area contributed by atoms with Crippen molar-refractivity contribution in [2.24, 2.45) is 0 Å². The SMILES string of the molecule is COc1ccccc1[C@@H]1CCCN1C(=O)c1cnc2[nH]nc(C)c2c1. The number of aromatic nitrogens is 3. The van der Waals surface area contributed by atoms with Crippen molar-refractivity contribution in [3.8, 4) is 5.75 Å². The first-order chi connectivity index (χ1) is 12.2. The number of hydrogen-bond donors (Lipinski definition) is 1. The summed E-state index contributed by atoms with van der Waals surface area (Å²) >= 11 is 0. The Hall–Kier alpha value is -2.89. The van der Waals surface area contributed by atoms with E-state index in [1.54, 1.807) is 13.3 Å². The number of benzene rings is 1. The highest BCUT2D eigenvalue weighted by Gasteiger charge is 2.32. The van der Waals surface area contributed by atoms with Crippen molar-refractivity contribution in [3.05, 3.63) is 53.3 Å². The summed E-state index contributed by atoms with van der Waals surface area (Å²) in [4.78, 5) is 19.4. The van der Waals surface area contributed by atoms with Gasteiger partial charge in [-0.3, -0.25) is 9.89 Å². The van der Waals surface area contributed by atoms with E-state index >= 15 is 0 Å². The van der Waals surface area contributed by atoms with Gasteiger partial charge in [-0.1, -0.05) is 18.2 Å². The molecule has 6 nitrogen and oxygen atoms in total. The largest absolute Gasteiger partial charge is 0.496 e. The summed E-state index contributed by atoms with van der Waals surface area (Å²) in [5.74, 6) is 0.829. The molecule has 2 aromatic heterocycles. The number of likely N-dealkylation sites (tertiary alicyclic amines) is 1. The minimum atomic E-state index is 0.00315. The second-order valence-corrected chi connectivity index (χ2v) is 6.33. The first kappa shape index (κ1) is 15.6. The molecule has 1 N–H and O–H groups in total. The number of carbonyl (C=O) groups is 1. The topological polar surface area (TPSA) is 71.1 Å². The summed E-state index contributed by atoms with van der Waals surface area (Å²) in [5.41, 5.74) is 3.21. The Morgan fingerprint density at radius 3 is 3.04 bits per heavy atom. The Bertz CT molecular complexity index is 934. The first-order valence-corrected chi connectivity index (χ1v) is 8.43. The molecule has 0 aliphatic carbocycles. The minimum Gasteiger partial charge on any atom is -0.496 e. The van der Waals surface area contributed by atoms with Gasteiger partial charge in [0.15, 0.2) is 5.65 Å². The molecule has 1 amide bonds. The maximum absolute atomic E-state index is 13.1. The van der Waals surface area contributed by atoms with Crippen LogP contribution < -0.4 is 4.74 Å². The van der Waals surface area contributed by atoms with Crippen LogP contribution in [0.4, 0.5) is 0 Å². The van der Waals surface area contributed by atoms with Crippen LogP contribution in [0.1, 0.15) is 40.5 Å². The van der Waals surface area contributed by atoms with Gasteiger partial charge in [0.1, 0.15) is 5.75 Å². The quantitative estimate of drug-likeness (QED) is 0.797. The van der Waals surface area contributed by atoms with Gasteiger partial charge in [0.25, 0.3) is 5.91 Å². The van der Waals surface area contributed by atoms with Crippen LogP contribution in [0.15, 0.2) is 36.5 Å². The maximum Gasteiger partial charge on any atom is 0.255 e.